The van der Waals surface area contributed by atoms with Gasteiger partial charge in [-0.25, -0.2) is 4.68 Å². The highest BCUT2D eigenvalue weighted by Crippen LogP contribution is 2.48. The van der Waals surface area contributed by atoms with Crippen LogP contribution in [0.5, 0.6) is 57.8 Å². The molecule has 0 fully saturated rings. The predicted octanol–water partition coefficient (Wildman–Crippen LogP) is 10.8. The van der Waals surface area contributed by atoms with Gasteiger partial charge in [0.25, 0.3) is 5.88 Å². The average molecular weight is 995 g/mol. The quantitative estimate of drug-likeness (QED) is 0.0588. The Bertz CT molecular complexity index is 3020. The zero-order chi connectivity index (χ0) is 52.0. The summed E-state index contributed by atoms with van der Waals surface area (Å²) in [6, 6.07) is 24.6. The Morgan fingerprint density at radius 3 is 1.53 bits per heavy atom. The molecule has 0 spiro atoms. The molecule has 0 bridgehead atoms. The van der Waals surface area contributed by atoms with Crippen LogP contribution in [0.25, 0.3) is 28.2 Å². The highest BCUT2D eigenvalue weighted by Gasteiger charge is 2.51. The van der Waals surface area contributed by atoms with Gasteiger partial charge in [-0.2, -0.15) is 0 Å². The monoisotopic (exact) mass is 994 g/mol. The molecule has 0 radical (unpaired) electrons. The van der Waals surface area contributed by atoms with Crippen LogP contribution >= 0.6 is 0 Å². The largest absolute Gasteiger partial charge is 0.504 e. The molecule has 8 rings (SSSR count). The van der Waals surface area contributed by atoms with Crippen LogP contribution in [0.1, 0.15) is 64.5 Å². The molecule has 0 amide bonds. The second-order valence-electron chi connectivity index (χ2n) is 18.3. The summed E-state index contributed by atoms with van der Waals surface area (Å²) in [6.07, 6.45) is 15.1. The van der Waals surface area contributed by atoms with E-state index in [2.05, 4.69) is 44.9 Å². The molecule has 2 aromatic heterocycles. The van der Waals surface area contributed by atoms with E-state index in [9.17, 15) is 5.11 Å². The van der Waals surface area contributed by atoms with Crippen LogP contribution in [0.4, 0.5) is 0 Å². The normalized spacial score (nSPS) is 18.3. The SMILES string of the molecule is CCC(CCc1ccc(OC)c(OC)c1)(Oc1cc(-c2ccc(O)c(OC)c2)n(-c2c(OC(CC)(CCc3ccc(OC)c(OC)c3)C3(C)C=CC=N3)n[nH]c2-c2ccc(OC)c(OC)c2)n1)C1(C)C=CC=N1. The zero-order valence-electron chi connectivity index (χ0n) is 43.6. The lowest BCUT2D eigenvalue weighted by atomic mass is 9.75. The van der Waals surface area contributed by atoms with E-state index in [1.54, 1.807) is 65.5 Å². The lowest BCUT2D eigenvalue weighted by Crippen LogP contribution is -2.53. The van der Waals surface area contributed by atoms with Gasteiger partial charge < -0.3 is 47.7 Å². The Hall–Kier alpha value is -7.88. The van der Waals surface area contributed by atoms with Gasteiger partial charge in [0.1, 0.15) is 22.3 Å². The molecule has 4 aromatic carbocycles. The fourth-order valence-corrected chi connectivity index (χ4v) is 10.1. The predicted molar refractivity (Wildman–Crippen MR) is 283 cm³/mol. The third-order valence-corrected chi connectivity index (χ3v) is 14.6. The second kappa shape index (κ2) is 21.5. The summed E-state index contributed by atoms with van der Waals surface area (Å²) in [5.74, 6) is 4.43. The molecule has 4 heterocycles. The van der Waals surface area contributed by atoms with E-state index >= 15 is 0 Å². The zero-order valence-corrected chi connectivity index (χ0v) is 43.6. The Morgan fingerprint density at radius 1 is 0.562 bits per heavy atom. The number of hydrogen-bond donors (Lipinski definition) is 2. The number of aliphatic imine (C=N–C) groups is 2. The maximum Gasteiger partial charge on any atom is 0.260 e. The minimum absolute atomic E-state index is 0.0215. The maximum absolute atomic E-state index is 10.9. The number of nitrogens with one attached hydrogen (secondary N) is 1. The lowest BCUT2D eigenvalue weighted by Gasteiger charge is -2.43. The number of phenolic OH excluding ortho intramolecular Hbond substituents is 1. The van der Waals surface area contributed by atoms with E-state index in [-0.39, 0.29) is 17.4 Å². The van der Waals surface area contributed by atoms with Crippen LogP contribution < -0.4 is 42.6 Å². The van der Waals surface area contributed by atoms with Gasteiger partial charge in [0.15, 0.2) is 51.7 Å². The molecule has 0 saturated carbocycles. The molecule has 2 aliphatic rings. The van der Waals surface area contributed by atoms with Crippen LogP contribution in [-0.4, -0.2) is 110 Å². The molecular weight excluding hydrogens is 929 g/mol. The number of aromatic nitrogens is 4. The third kappa shape index (κ3) is 9.77. The van der Waals surface area contributed by atoms with Crippen molar-refractivity contribution in [2.24, 2.45) is 9.98 Å². The van der Waals surface area contributed by atoms with Gasteiger partial charge in [-0.15, -0.1) is 10.2 Å². The summed E-state index contributed by atoms with van der Waals surface area (Å²) < 4.78 is 56.4. The number of aromatic amines is 1. The van der Waals surface area contributed by atoms with Crippen molar-refractivity contribution in [2.75, 3.05) is 49.8 Å². The van der Waals surface area contributed by atoms with Crippen LogP contribution in [0.3, 0.4) is 0 Å². The van der Waals surface area contributed by atoms with Crippen molar-refractivity contribution in [3.8, 4) is 86.0 Å². The van der Waals surface area contributed by atoms with Gasteiger partial charge in [0.05, 0.1) is 61.2 Å². The van der Waals surface area contributed by atoms with Gasteiger partial charge >= 0.3 is 0 Å². The fraction of sp³-hybridized carbons (Fsp3) is 0.368. The number of ether oxygens (including phenoxy) is 9. The van der Waals surface area contributed by atoms with E-state index in [1.165, 1.54) is 7.11 Å². The van der Waals surface area contributed by atoms with Crippen molar-refractivity contribution in [2.45, 2.75) is 88.5 Å². The molecule has 0 aliphatic carbocycles. The van der Waals surface area contributed by atoms with Gasteiger partial charge in [0.2, 0.25) is 5.88 Å². The minimum atomic E-state index is -0.972. The van der Waals surface area contributed by atoms with E-state index in [1.807, 2.05) is 85.2 Å². The van der Waals surface area contributed by atoms with Gasteiger partial charge in [-0.1, -0.05) is 38.1 Å². The summed E-state index contributed by atoms with van der Waals surface area (Å²) in [4.78, 5) is 10.1. The topological polar surface area (TPSA) is 175 Å². The van der Waals surface area contributed by atoms with Crippen molar-refractivity contribution in [3.05, 3.63) is 114 Å². The molecule has 4 atom stereocenters. The van der Waals surface area contributed by atoms with Gasteiger partial charge in [0, 0.05) is 29.6 Å². The lowest BCUT2D eigenvalue weighted by molar-refractivity contribution is 0.00195. The van der Waals surface area contributed by atoms with Gasteiger partial charge in [-0.3, -0.25) is 15.1 Å². The van der Waals surface area contributed by atoms with Crippen molar-refractivity contribution < 1.29 is 47.7 Å². The molecule has 384 valence electrons. The Balaban J connectivity index is 1.33. The van der Waals surface area contributed by atoms with Crippen LogP contribution in [-0.2, 0) is 12.8 Å². The number of aromatic hydroxyl groups is 1. The third-order valence-electron chi connectivity index (χ3n) is 14.6. The number of methoxy groups -OCH3 is 7. The van der Waals surface area contributed by atoms with E-state index in [4.69, 9.17) is 62.8 Å². The smallest absolute Gasteiger partial charge is 0.260 e. The first-order chi connectivity index (χ1) is 35.3. The molecule has 6 aromatic rings. The van der Waals surface area contributed by atoms with Crippen molar-refractivity contribution in [1.82, 2.24) is 20.0 Å². The number of hydrogen-bond acceptors (Lipinski definition) is 14. The van der Waals surface area contributed by atoms with Crippen LogP contribution in [0.15, 0.2) is 113 Å². The highest BCUT2D eigenvalue weighted by atomic mass is 16.5. The summed E-state index contributed by atoms with van der Waals surface area (Å²) in [5, 5.41) is 24.6. The Kier molecular flexibility index (Phi) is 15.1. The molecule has 2 N–H and O–H groups in total. The number of H-pyrrole nitrogens is 1. The molecule has 0 saturated heterocycles. The van der Waals surface area contributed by atoms with E-state index in [0.29, 0.717) is 107 Å². The molecule has 16 heteroatoms. The summed E-state index contributed by atoms with van der Waals surface area (Å²) in [5.41, 5.74) is 1.55. The maximum atomic E-state index is 10.9. The van der Waals surface area contributed by atoms with Crippen LogP contribution in [0, 0.1) is 0 Å². The standard InChI is InChI=1S/C57H66N6O10/c1-12-56(54(3)26-14-30-58-54,28-24-37-16-21-43(65-5)47(32-37)69-9)72-50-36-41(39-18-20-42(64)46(34-39)68-8)63(62-50)52-51(40-19-23-45(67-7)49(35-40)71-11)60-61-53(52)73-57(13-2,55(4)27-15-31-59-55)29-25-38-17-22-44(66-6)48(33-38)70-10/h14-23,26-27,30-36,64H,12-13,24-25,28-29H2,1-11H3,(H,60,61). The van der Waals surface area contributed by atoms with E-state index < -0.39 is 22.3 Å². The number of aryl methyl sites for hydroxylation is 2. The number of rotatable bonds is 24. The van der Waals surface area contributed by atoms with E-state index in [0.717, 1.165) is 11.1 Å². The molecule has 16 nitrogen and oxygen atoms in total. The summed E-state index contributed by atoms with van der Waals surface area (Å²) in [6.45, 7) is 8.36. The second-order valence-corrected chi connectivity index (χ2v) is 18.3. The highest BCUT2D eigenvalue weighted by molar-refractivity contribution is 5.79. The molecule has 2 aliphatic heterocycles. The summed E-state index contributed by atoms with van der Waals surface area (Å²) >= 11 is 0. The Morgan fingerprint density at radius 2 is 1.04 bits per heavy atom. The van der Waals surface area contributed by atoms with Crippen LogP contribution in [0.2, 0.25) is 0 Å². The molecular formula is C57H66N6O10. The first-order valence-corrected chi connectivity index (χ1v) is 24.3. The van der Waals surface area contributed by atoms with Crippen molar-refractivity contribution in [3.63, 3.8) is 0 Å². The number of benzene rings is 4. The fourth-order valence-electron chi connectivity index (χ4n) is 10.1. The first-order valence-electron chi connectivity index (χ1n) is 24.3. The first kappa shape index (κ1) is 51.5. The summed E-state index contributed by atoms with van der Waals surface area (Å²) in [7, 11) is 11.2. The molecule has 73 heavy (non-hydrogen) atoms. The number of allylic oxidation sites excluding steroid dienone is 2. The van der Waals surface area contributed by atoms with Gasteiger partial charge in [-0.05, 0) is 136 Å². The number of nitrogens with zero attached hydrogens (tertiary/aromatic N) is 5. The average Bonchev–Trinajstić information content (AvgIpc) is 4.26. The van der Waals surface area contributed by atoms with Crippen molar-refractivity contribution in [1.29, 1.82) is 0 Å². The Labute approximate surface area is 427 Å². The molecule has 4 unspecified atom stereocenters. The number of phenols is 1. The minimum Gasteiger partial charge on any atom is -0.504 e. The van der Waals surface area contributed by atoms with Crippen molar-refractivity contribution >= 4 is 12.4 Å².